The van der Waals surface area contributed by atoms with Crippen molar-refractivity contribution in [3.05, 3.63) is 58.3 Å². The van der Waals surface area contributed by atoms with Crippen molar-refractivity contribution in [3.8, 4) is 0 Å². The molecule has 0 radical (unpaired) electrons. The molecule has 1 aromatic carbocycles. The van der Waals surface area contributed by atoms with Crippen LogP contribution in [0.2, 0.25) is 0 Å². The lowest BCUT2D eigenvalue weighted by atomic mass is 10.2. The summed E-state index contributed by atoms with van der Waals surface area (Å²) in [4.78, 5) is 23.7. The highest BCUT2D eigenvalue weighted by molar-refractivity contribution is 7.07. The Morgan fingerprint density at radius 3 is 2.54 bits per heavy atom. The number of carbonyl (C=O) groups excluding carboxylic acids is 2. The maximum absolute atomic E-state index is 11.9. The number of ether oxygens (including phenoxy) is 1. The second-order valence-corrected chi connectivity index (χ2v) is 5.80. The van der Waals surface area contributed by atoms with Gasteiger partial charge >= 0.3 is 11.8 Å². The van der Waals surface area contributed by atoms with Gasteiger partial charge in [0.1, 0.15) is 6.10 Å². The van der Waals surface area contributed by atoms with Crippen LogP contribution in [0.4, 0.5) is 0 Å². The summed E-state index contributed by atoms with van der Waals surface area (Å²) in [5, 5.41) is 17.8. The minimum atomic E-state index is -0.709. The van der Waals surface area contributed by atoms with Gasteiger partial charge < -0.3 is 20.5 Å². The van der Waals surface area contributed by atoms with E-state index in [-0.39, 0.29) is 19.8 Å². The normalized spacial score (nSPS) is 11.7. The molecule has 128 valence electrons. The van der Waals surface area contributed by atoms with Crippen molar-refractivity contribution in [1.29, 1.82) is 0 Å². The summed E-state index contributed by atoms with van der Waals surface area (Å²) in [6.45, 7) is 0.513. The third-order valence-electron chi connectivity index (χ3n) is 3.28. The fourth-order valence-electron chi connectivity index (χ4n) is 2.05. The van der Waals surface area contributed by atoms with Crippen LogP contribution < -0.4 is 10.6 Å². The minimum absolute atomic E-state index is 0.105. The highest BCUT2D eigenvalue weighted by atomic mass is 32.1. The largest absolute Gasteiger partial charge is 0.394 e. The molecule has 0 fully saturated rings. The molecule has 1 heterocycles. The number of hydrogen-bond acceptors (Lipinski definition) is 5. The van der Waals surface area contributed by atoms with Gasteiger partial charge in [-0.25, -0.2) is 0 Å². The number of amides is 2. The molecule has 2 amide bonds. The molecule has 6 nitrogen and oxygen atoms in total. The summed E-state index contributed by atoms with van der Waals surface area (Å²) in [5.41, 5.74) is 1.82. The van der Waals surface area contributed by atoms with Gasteiger partial charge in [-0.15, -0.1) is 0 Å². The number of thiophene rings is 1. The maximum Gasteiger partial charge on any atom is 0.309 e. The molecule has 1 atom stereocenters. The molecule has 0 aliphatic rings. The molecule has 2 rings (SSSR count). The molecule has 0 bridgehead atoms. The Bertz CT molecular complexity index is 631. The van der Waals surface area contributed by atoms with Crippen LogP contribution in [0.15, 0.2) is 47.2 Å². The Labute approximate surface area is 144 Å². The SMILES string of the molecule is O=C(NCc1ccccc1)C(=O)NC[C@H](OCCO)c1ccsc1. The highest BCUT2D eigenvalue weighted by Gasteiger charge is 2.17. The molecule has 0 aliphatic carbocycles. The van der Waals surface area contributed by atoms with E-state index in [0.29, 0.717) is 6.54 Å². The number of aliphatic hydroxyl groups excluding tert-OH is 1. The van der Waals surface area contributed by atoms with E-state index in [4.69, 9.17) is 9.84 Å². The van der Waals surface area contributed by atoms with Crippen molar-refractivity contribution in [1.82, 2.24) is 10.6 Å². The first kappa shape index (κ1) is 18.1. The number of benzene rings is 1. The predicted molar refractivity (Wildman–Crippen MR) is 91.4 cm³/mol. The number of aliphatic hydroxyl groups is 1. The Hall–Kier alpha value is -2.22. The molecule has 0 saturated heterocycles. The topological polar surface area (TPSA) is 87.7 Å². The average Bonchev–Trinajstić information content (AvgIpc) is 3.15. The van der Waals surface area contributed by atoms with E-state index in [1.165, 1.54) is 11.3 Å². The lowest BCUT2D eigenvalue weighted by Crippen LogP contribution is -2.41. The smallest absolute Gasteiger partial charge is 0.309 e. The van der Waals surface area contributed by atoms with E-state index in [0.717, 1.165) is 11.1 Å². The van der Waals surface area contributed by atoms with Crippen molar-refractivity contribution in [2.75, 3.05) is 19.8 Å². The Balaban J connectivity index is 1.80. The van der Waals surface area contributed by atoms with Crippen LogP contribution in [0.1, 0.15) is 17.2 Å². The quantitative estimate of drug-likeness (QED) is 0.626. The molecule has 2 aromatic rings. The van der Waals surface area contributed by atoms with Gasteiger partial charge in [-0.2, -0.15) is 11.3 Å². The van der Waals surface area contributed by atoms with Crippen LogP contribution in [-0.2, 0) is 20.9 Å². The van der Waals surface area contributed by atoms with Crippen LogP contribution in [0.25, 0.3) is 0 Å². The zero-order valence-corrected chi connectivity index (χ0v) is 13.9. The second-order valence-electron chi connectivity index (χ2n) is 5.02. The van der Waals surface area contributed by atoms with Crippen molar-refractivity contribution in [2.45, 2.75) is 12.6 Å². The first-order chi connectivity index (χ1) is 11.7. The van der Waals surface area contributed by atoms with E-state index in [1.54, 1.807) is 0 Å². The van der Waals surface area contributed by atoms with Crippen LogP contribution in [0.5, 0.6) is 0 Å². The minimum Gasteiger partial charge on any atom is -0.394 e. The summed E-state index contributed by atoms with van der Waals surface area (Å²) < 4.78 is 5.51. The van der Waals surface area contributed by atoms with E-state index >= 15 is 0 Å². The molecule has 0 saturated carbocycles. The summed E-state index contributed by atoms with van der Waals surface area (Å²) in [5.74, 6) is -1.40. The maximum atomic E-state index is 11.9. The third kappa shape index (κ3) is 5.77. The van der Waals surface area contributed by atoms with Gasteiger partial charge in [0.25, 0.3) is 0 Å². The Kier molecular flexibility index (Phi) is 7.41. The summed E-state index contributed by atoms with van der Waals surface area (Å²) in [6, 6.07) is 11.2. The first-order valence-corrected chi connectivity index (χ1v) is 8.49. The summed E-state index contributed by atoms with van der Waals surface area (Å²) in [6.07, 6.45) is -0.394. The van der Waals surface area contributed by atoms with Gasteiger partial charge in [0.05, 0.1) is 13.2 Å². The van der Waals surface area contributed by atoms with Crippen molar-refractivity contribution >= 4 is 23.2 Å². The van der Waals surface area contributed by atoms with Gasteiger partial charge in [0.15, 0.2) is 0 Å². The zero-order chi connectivity index (χ0) is 17.2. The zero-order valence-electron chi connectivity index (χ0n) is 13.1. The number of carbonyl (C=O) groups is 2. The fourth-order valence-corrected chi connectivity index (χ4v) is 2.75. The average molecular weight is 348 g/mol. The molecule has 0 spiro atoms. The lowest BCUT2D eigenvalue weighted by molar-refractivity contribution is -0.139. The lowest BCUT2D eigenvalue weighted by Gasteiger charge is -2.17. The number of hydrogen-bond donors (Lipinski definition) is 3. The Morgan fingerprint density at radius 2 is 1.88 bits per heavy atom. The van der Waals surface area contributed by atoms with Gasteiger partial charge in [0.2, 0.25) is 0 Å². The van der Waals surface area contributed by atoms with Crippen molar-refractivity contribution in [2.24, 2.45) is 0 Å². The van der Waals surface area contributed by atoms with Crippen LogP contribution in [0, 0.1) is 0 Å². The summed E-state index contributed by atoms with van der Waals surface area (Å²) >= 11 is 1.51. The highest BCUT2D eigenvalue weighted by Crippen LogP contribution is 2.19. The third-order valence-corrected chi connectivity index (χ3v) is 3.98. The molecular weight excluding hydrogens is 328 g/mol. The number of rotatable bonds is 8. The van der Waals surface area contributed by atoms with E-state index in [1.807, 2.05) is 47.2 Å². The van der Waals surface area contributed by atoms with Gasteiger partial charge in [-0.3, -0.25) is 9.59 Å². The molecule has 0 unspecified atom stereocenters. The molecule has 3 N–H and O–H groups in total. The van der Waals surface area contributed by atoms with Gasteiger partial charge in [0, 0.05) is 13.1 Å². The fraction of sp³-hybridized carbons (Fsp3) is 0.294. The standard InChI is InChI=1S/C17H20N2O4S/c20-7-8-23-15(14-6-9-24-12-14)11-19-17(22)16(21)18-10-13-4-2-1-3-5-13/h1-6,9,12,15,20H,7-8,10-11H2,(H,18,21)(H,19,22)/t15-/m0/s1. The second kappa shape index (κ2) is 9.82. The van der Waals surface area contributed by atoms with Gasteiger partial charge in [-0.05, 0) is 28.0 Å². The molecule has 1 aromatic heterocycles. The van der Waals surface area contributed by atoms with Crippen LogP contribution >= 0.6 is 11.3 Å². The van der Waals surface area contributed by atoms with E-state index < -0.39 is 17.9 Å². The number of nitrogens with one attached hydrogen (secondary N) is 2. The molecule has 24 heavy (non-hydrogen) atoms. The van der Waals surface area contributed by atoms with Crippen LogP contribution in [-0.4, -0.2) is 36.7 Å². The van der Waals surface area contributed by atoms with E-state index in [9.17, 15) is 9.59 Å². The molecule has 7 heteroatoms. The first-order valence-electron chi connectivity index (χ1n) is 7.55. The predicted octanol–water partition coefficient (Wildman–Crippen LogP) is 1.23. The van der Waals surface area contributed by atoms with Gasteiger partial charge in [-0.1, -0.05) is 30.3 Å². The summed E-state index contributed by atoms with van der Waals surface area (Å²) in [7, 11) is 0. The van der Waals surface area contributed by atoms with Crippen LogP contribution in [0.3, 0.4) is 0 Å². The monoisotopic (exact) mass is 348 g/mol. The molecule has 0 aliphatic heterocycles. The van der Waals surface area contributed by atoms with Crippen molar-refractivity contribution < 1.29 is 19.4 Å². The Morgan fingerprint density at radius 1 is 1.12 bits per heavy atom. The molecular formula is C17H20N2O4S. The van der Waals surface area contributed by atoms with E-state index in [2.05, 4.69) is 10.6 Å². The van der Waals surface area contributed by atoms with Crippen molar-refractivity contribution in [3.63, 3.8) is 0 Å².